The first-order valence-electron chi connectivity index (χ1n) is 5.38. The molecule has 18 heavy (non-hydrogen) atoms. The number of aliphatic hydroxyl groups excluding tert-OH is 1. The summed E-state index contributed by atoms with van der Waals surface area (Å²) in [4.78, 5) is 0. The molecule has 94 valence electrons. The normalized spacial score (nSPS) is 12.5. The van der Waals surface area contributed by atoms with E-state index in [0.717, 1.165) is 5.56 Å². The third-order valence-corrected chi connectivity index (χ3v) is 3.36. The molecule has 0 bridgehead atoms. The van der Waals surface area contributed by atoms with E-state index in [2.05, 4.69) is 0 Å². The monoisotopic (exact) mass is 284 g/mol. The number of rotatable bonds is 2. The van der Waals surface area contributed by atoms with Crippen LogP contribution in [-0.2, 0) is 0 Å². The third-order valence-electron chi connectivity index (χ3n) is 2.78. The summed E-state index contributed by atoms with van der Waals surface area (Å²) in [5.74, 6) is -0.430. The molecule has 1 nitrogen and oxygen atoms in total. The first-order valence-corrected chi connectivity index (χ1v) is 6.13. The van der Waals surface area contributed by atoms with Gasteiger partial charge in [-0.05, 0) is 48.4 Å². The maximum absolute atomic E-state index is 13.2. The maximum atomic E-state index is 13.2. The van der Waals surface area contributed by atoms with Crippen LogP contribution in [0.25, 0.3) is 0 Å². The van der Waals surface area contributed by atoms with Crippen LogP contribution in [0.3, 0.4) is 0 Å². The lowest BCUT2D eigenvalue weighted by atomic mass is 9.97. The Balaban J connectivity index is 2.47. The number of hydrogen-bond acceptors (Lipinski definition) is 1. The Morgan fingerprint density at radius 1 is 1.06 bits per heavy atom. The van der Waals surface area contributed by atoms with E-state index < -0.39 is 11.9 Å². The number of halogens is 3. The van der Waals surface area contributed by atoms with Crippen molar-refractivity contribution in [1.82, 2.24) is 0 Å². The molecule has 1 atom stereocenters. The molecule has 0 fully saturated rings. The van der Waals surface area contributed by atoms with Crippen LogP contribution in [0.15, 0.2) is 36.4 Å². The Bertz CT molecular complexity index is 584. The summed E-state index contributed by atoms with van der Waals surface area (Å²) in [6.07, 6.45) is -0.967. The number of aliphatic hydroxyl groups is 1. The molecule has 1 N–H and O–H groups in total. The van der Waals surface area contributed by atoms with Gasteiger partial charge < -0.3 is 5.11 Å². The molecule has 0 aromatic heterocycles. The summed E-state index contributed by atoms with van der Waals surface area (Å²) in [5, 5.41) is 11.2. The van der Waals surface area contributed by atoms with Gasteiger partial charge in [0.2, 0.25) is 0 Å². The van der Waals surface area contributed by atoms with E-state index in [0.29, 0.717) is 21.2 Å². The van der Waals surface area contributed by atoms with Crippen molar-refractivity contribution in [2.45, 2.75) is 13.0 Å². The van der Waals surface area contributed by atoms with Gasteiger partial charge in [0.15, 0.2) is 0 Å². The molecule has 2 aromatic carbocycles. The van der Waals surface area contributed by atoms with Crippen molar-refractivity contribution in [3.05, 3.63) is 69.0 Å². The van der Waals surface area contributed by atoms with Gasteiger partial charge in [0.05, 0.1) is 0 Å². The summed E-state index contributed by atoms with van der Waals surface area (Å²) < 4.78 is 13.2. The molecule has 0 saturated heterocycles. The maximum Gasteiger partial charge on any atom is 0.123 e. The first-order chi connectivity index (χ1) is 8.49. The molecule has 0 aliphatic rings. The van der Waals surface area contributed by atoms with Gasteiger partial charge in [-0.2, -0.15) is 0 Å². The number of benzene rings is 2. The predicted molar refractivity (Wildman–Crippen MR) is 71.7 cm³/mol. The minimum absolute atomic E-state index is 0.332. The lowest BCUT2D eigenvalue weighted by Crippen LogP contribution is -2.03. The van der Waals surface area contributed by atoms with E-state index in [1.54, 1.807) is 18.2 Å². The van der Waals surface area contributed by atoms with Gasteiger partial charge in [0, 0.05) is 15.6 Å². The fourth-order valence-electron chi connectivity index (χ4n) is 1.84. The van der Waals surface area contributed by atoms with Crippen LogP contribution in [0.5, 0.6) is 0 Å². The molecule has 1 unspecified atom stereocenters. The lowest BCUT2D eigenvalue weighted by Gasteiger charge is -2.15. The second-order valence-electron chi connectivity index (χ2n) is 4.07. The van der Waals surface area contributed by atoms with Crippen LogP contribution in [0.4, 0.5) is 4.39 Å². The Labute approximate surface area is 115 Å². The zero-order chi connectivity index (χ0) is 13.3. The van der Waals surface area contributed by atoms with Gasteiger partial charge in [0.25, 0.3) is 0 Å². The second kappa shape index (κ2) is 5.27. The highest BCUT2D eigenvalue weighted by molar-refractivity contribution is 6.31. The molecule has 2 rings (SSSR count). The topological polar surface area (TPSA) is 20.2 Å². The van der Waals surface area contributed by atoms with E-state index in [9.17, 15) is 9.50 Å². The largest absolute Gasteiger partial charge is 0.384 e. The third kappa shape index (κ3) is 2.66. The van der Waals surface area contributed by atoms with Crippen molar-refractivity contribution >= 4 is 23.2 Å². The lowest BCUT2D eigenvalue weighted by molar-refractivity contribution is 0.219. The van der Waals surface area contributed by atoms with Gasteiger partial charge in [-0.15, -0.1) is 0 Å². The van der Waals surface area contributed by atoms with Crippen molar-refractivity contribution in [3.8, 4) is 0 Å². The molecule has 0 radical (unpaired) electrons. The Morgan fingerprint density at radius 2 is 1.78 bits per heavy atom. The summed E-state index contributed by atoms with van der Waals surface area (Å²) in [7, 11) is 0. The molecule has 0 heterocycles. The van der Waals surface area contributed by atoms with Crippen molar-refractivity contribution in [1.29, 1.82) is 0 Å². The summed E-state index contributed by atoms with van der Waals surface area (Å²) in [6, 6.07) is 9.06. The van der Waals surface area contributed by atoms with Crippen molar-refractivity contribution in [3.63, 3.8) is 0 Å². The average Bonchev–Trinajstić information content (AvgIpc) is 2.31. The van der Waals surface area contributed by atoms with E-state index in [-0.39, 0.29) is 0 Å². The quantitative estimate of drug-likeness (QED) is 0.860. The fraction of sp³-hybridized carbons (Fsp3) is 0.143. The van der Waals surface area contributed by atoms with Crippen LogP contribution < -0.4 is 0 Å². The first kappa shape index (κ1) is 13.3. The Hall–Kier alpha value is -1.09. The van der Waals surface area contributed by atoms with Crippen molar-refractivity contribution in [2.75, 3.05) is 0 Å². The van der Waals surface area contributed by atoms with E-state index in [1.165, 1.54) is 18.2 Å². The zero-order valence-electron chi connectivity index (χ0n) is 9.62. The highest BCUT2D eigenvalue weighted by Crippen LogP contribution is 2.31. The summed E-state index contributed by atoms with van der Waals surface area (Å²) >= 11 is 11.8. The zero-order valence-corrected chi connectivity index (χ0v) is 11.1. The molecular weight excluding hydrogens is 274 g/mol. The van der Waals surface area contributed by atoms with Crippen LogP contribution in [0.2, 0.25) is 10.0 Å². The number of aryl methyl sites for hydroxylation is 1. The summed E-state index contributed by atoms with van der Waals surface area (Å²) in [6.45, 7) is 1.83. The SMILES string of the molecule is Cc1cc(Cl)ccc1C(O)c1cc(F)ccc1Cl. The molecular formula is C14H11Cl2FO. The van der Waals surface area contributed by atoms with E-state index in [4.69, 9.17) is 23.2 Å². The van der Waals surface area contributed by atoms with Gasteiger partial charge >= 0.3 is 0 Å². The van der Waals surface area contributed by atoms with Gasteiger partial charge in [-0.25, -0.2) is 4.39 Å². The van der Waals surface area contributed by atoms with Crippen LogP contribution in [-0.4, -0.2) is 5.11 Å². The minimum Gasteiger partial charge on any atom is -0.384 e. The van der Waals surface area contributed by atoms with Gasteiger partial charge in [0.1, 0.15) is 11.9 Å². The van der Waals surface area contributed by atoms with Gasteiger partial charge in [-0.3, -0.25) is 0 Å². The Morgan fingerprint density at radius 3 is 2.44 bits per heavy atom. The van der Waals surface area contributed by atoms with E-state index in [1.807, 2.05) is 6.92 Å². The smallest absolute Gasteiger partial charge is 0.123 e. The fourth-order valence-corrected chi connectivity index (χ4v) is 2.29. The van der Waals surface area contributed by atoms with Crippen molar-refractivity contribution < 1.29 is 9.50 Å². The van der Waals surface area contributed by atoms with Crippen LogP contribution >= 0.6 is 23.2 Å². The molecule has 0 spiro atoms. The average molecular weight is 285 g/mol. The molecule has 4 heteroatoms. The highest BCUT2D eigenvalue weighted by Gasteiger charge is 2.16. The highest BCUT2D eigenvalue weighted by atomic mass is 35.5. The molecule has 0 saturated carbocycles. The molecule has 0 amide bonds. The standard InChI is InChI=1S/C14H11Cl2FO/c1-8-6-9(15)2-4-11(8)14(18)12-7-10(17)3-5-13(12)16/h2-7,14,18H,1H3. The number of hydrogen-bond donors (Lipinski definition) is 1. The molecule has 0 aliphatic heterocycles. The second-order valence-corrected chi connectivity index (χ2v) is 4.91. The minimum atomic E-state index is -0.967. The van der Waals surface area contributed by atoms with Crippen LogP contribution in [0.1, 0.15) is 22.8 Å². The predicted octanol–water partition coefficient (Wildman–Crippen LogP) is 4.52. The van der Waals surface area contributed by atoms with Gasteiger partial charge in [-0.1, -0.05) is 29.3 Å². The summed E-state index contributed by atoms with van der Waals surface area (Å²) in [5.41, 5.74) is 1.84. The van der Waals surface area contributed by atoms with Crippen molar-refractivity contribution in [2.24, 2.45) is 0 Å². The van der Waals surface area contributed by atoms with Crippen LogP contribution in [0, 0.1) is 12.7 Å². The molecule has 2 aromatic rings. The Kier molecular flexibility index (Phi) is 3.91. The molecule has 0 aliphatic carbocycles. The van der Waals surface area contributed by atoms with E-state index >= 15 is 0 Å².